The lowest BCUT2D eigenvalue weighted by atomic mass is 10.1. The Morgan fingerprint density at radius 2 is 2.15 bits per heavy atom. The molecule has 1 atom stereocenters. The zero-order valence-corrected chi connectivity index (χ0v) is 15.6. The fourth-order valence-electron chi connectivity index (χ4n) is 3.55. The maximum atomic E-state index is 12.7. The van der Waals surface area contributed by atoms with Crippen molar-refractivity contribution in [3.05, 3.63) is 17.5 Å². The Balaban J connectivity index is 1.54. The highest BCUT2D eigenvalue weighted by Gasteiger charge is 2.28. The van der Waals surface area contributed by atoms with Crippen molar-refractivity contribution in [2.24, 2.45) is 0 Å². The van der Waals surface area contributed by atoms with Crippen LogP contribution in [-0.4, -0.2) is 75.0 Å². The second kappa shape index (κ2) is 8.18. The molecule has 3 rings (SSSR count). The first-order valence-electron chi connectivity index (χ1n) is 9.33. The van der Waals surface area contributed by atoms with Gasteiger partial charge in [0.1, 0.15) is 0 Å². The second-order valence-electron chi connectivity index (χ2n) is 7.34. The van der Waals surface area contributed by atoms with Gasteiger partial charge in [0.2, 0.25) is 5.91 Å². The SMILES string of the molecule is CC(C)N1CCOC(CC(=O)N2CCn3nc(CCC(=O)O)cc3C2)C1. The van der Waals surface area contributed by atoms with Crippen molar-refractivity contribution >= 4 is 11.9 Å². The first kappa shape index (κ1) is 18.8. The molecule has 0 spiro atoms. The number of amides is 1. The van der Waals surface area contributed by atoms with Crippen LogP contribution < -0.4 is 0 Å². The predicted molar refractivity (Wildman–Crippen MR) is 94.7 cm³/mol. The van der Waals surface area contributed by atoms with Crippen LogP contribution in [0.3, 0.4) is 0 Å². The van der Waals surface area contributed by atoms with Gasteiger partial charge < -0.3 is 14.7 Å². The second-order valence-corrected chi connectivity index (χ2v) is 7.34. The van der Waals surface area contributed by atoms with Crippen molar-refractivity contribution < 1.29 is 19.4 Å². The van der Waals surface area contributed by atoms with E-state index in [0.717, 1.165) is 24.5 Å². The largest absolute Gasteiger partial charge is 0.481 e. The number of nitrogens with zero attached hydrogens (tertiary/aromatic N) is 4. The van der Waals surface area contributed by atoms with Crippen molar-refractivity contribution in [3.8, 4) is 0 Å². The van der Waals surface area contributed by atoms with Crippen LogP contribution >= 0.6 is 0 Å². The summed E-state index contributed by atoms with van der Waals surface area (Å²) >= 11 is 0. The van der Waals surface area contributed by atoms with Crippen LogP contribution in [-0.2, 0) is 33.8 Å². The fraction of sp³-hybridized carbons (Fsp3) is 0.722. The lowest BCUT2D eigenvalue weighted by Gasteiger charge is -2.36. The summed E-state index contributed by atoms with van der Waals surface area (Å²) in [5.41, 5.74) is 1.75. The highest BCUT2D eigenvalue weighted by molar-refractivity contribution is 5.76. The first-order valence-corrected chi connectivity index (χ1v) is 9.33. The van der Waals surface area contributed by atoms with E-state index in [0.29, 0.717) is 45.1 Å². The standard InChI is InChI=1S/C18H28N4O4/c1-13(2)20-7-8-26-16(12-20)10-17(23)21-5-6-22-15(11-21)9-14(19-22)3-4-18(24)25/h9,13,16H,3-8,10-12H2,1-2H3,(H,24,25). The molecule has 144 valence electrons. The number of fused-ring (bicyclic) bond motifs is 1. The summed E-state index contributed by atoms with van der Waals surface area (Å²) in [6, 6.07) is 2.38. The van der Waals surface area contributed by atoms with E-state index in [-0.39, 0.29) is 18.4 Å². The van der Waals surface area contributed by atoms with E-state index >= 15 is 0 Å². The van der Waals surface area contributed by atoms with E-state index in [1.54, 1.807) is 0 Å². The van der Waals surface area contributed by atoms with Gasteiger partial charge in [-0.15, -0.1) is 0 Å². The summed E-state index contributed by atoms with van der Waals surface area (Å²) in [7, 11) is 0. The van der Waals surface area contributed by atoms with Crippen molar-refractivity contribution in [1.82, 2.24) is 19.6 Å². The zero-order valence-electron chi connectivity index (χ0n) is 15.6. The Morgan fingerprint density at radius 3 is 2.88 bits per heavy atom. The van der Waals surface area contributed by atoms with E-state index < -0.39 is 5.97 Å². The number of aliphatic carboxylic acids is 1. The molecule has 2 aliphatic rings. The molecule has 1 unspecified atom stereocenters. The van der Waals surface area contributed by atoms with E-state index in [4.69, 9.17) is 9.84 Å². The first-order chi connectivity index (χ1) is 12.4. The molecule has 0 aliphatic carbocycles. The molecule has 26 heavy (non-hydrogen) atoms. The molecule has 8 heteroatoms. The third kappa shape index (κ3) is 4.62. The number of carboxylic acids is 1. The van der Waals surface area contributed by atoms with Gasteiger partial charge in [-0.2, -0.15) is 5.10 Å². The number of carboxylic acid groups (broad SMARTS) is 1. The lowest BCUT2D eigenvalue weighted by molar-refractivity contribution is -0.138. The molecule has 1 N–H and O–H groups in total. The molecule has 1 aromatic rings. The number of carbonyl (C=O) groups is 2. The fourth-order valence-corrected chi connectivity index (χ4v) is 3.55. The van der Waals surface area contributed by atoms with E-state index in [2.05, 4.69) is 23.8 Å². The normalized spacial score (nSPS) is 21.0. The monoisotopic (exact) mass is 364 g/mol. The highest BCUT2D eigenvalue weighted by Crippen LogP contribution is 2.18. The number of ether oxygens (including phenoxy) is 1. The Hall–Kier alpha value is -1.93. The van der Waals surface area contributed by atoms with E-state index in [9.17, 15) is 9.59 Å². The van der Waals surface area contributed by atoms with Gasteiger partial charge >= 0.3 is 5.97 Å². The molecular formula is C18H28N4O4. The summed E-state index contributed by atoms with van der Waals surface area (Å²) < 4.78 is 7.67. The molecule has 0 radical (unpaired) electrons. The van der Waals surface area contributed by atoms with Crippen molar-refractivity contribution in [2.75, 3.05) is 26.2 Å². The third-order valence-corrected chi connectivity index (χ3v) is 5.10. The third-order valence-electron chi connectivity index (χ3n) is 5.10. The van der Waals surface area contributed by atoms with Crippen LogP contribution in [0.5, 0.6) is 0 Å². The minimum atomic E-state index is -0.823. The minimum Gasteiger partial charge on any atom is -0.481 e. The molecule has 1 saturated heterocycles. The smallest absolute Gasteiger partial charge is 0.303 e. The molecule has 1 fully saturated rings. The maximum Gasteiger partial charge on any atom is 0.303 e. The number of hydrogen-bond acceptors (Lipinski definition) is 5. The van der Waals surface area contributed by atoms with Crippen LogP contribution in [0, 0.1) is 0 Å². The van der Waals surface area contributed by atoms with Crippen LogP contribution in [0.4, 0.5) is 0 Å². The lowest BCUT2D eigenvalue weighted by Crippen LogP contribution is -2.48. The van der Waals surface area contributed by atoms with Gasteiger partial charge in [-0.3, -0.25) is 19.2 Å². The van der Waals surface area contributed by atoms with Gasteiger partial charge in [0.25, 0.3) is 0 Å². The average Bonchev–Trinajstić information content (AvgIpc) is 3.02. The molecule has 2 aliphatic heterocycles. The summed E-state index contributed by atoms with van der Waals surface area (Å²) in [6.45, 7) is 8.54. The summed E-state index contributed by atoms with van der Waals surface area (Å²) in [5, 5.41) is 13.2. The summed E-state index contributed by atoms with van der Waals surface area (Å²) in [6.07, 6.45) is 0.856. The van der Waals surface area contributed by atoms with Crippen LogP contribution in [0.2, 0.25) is 0 Å². The number of morpholine rings is 1. The van der Waals surface area contributed by atoms with Gasteiger partial charge in [-0.05, 0) is 19.9 Å². The van der Waals surface area contributed by atoms with E-state index in [1.807, 2.05) is 15.6 Å². The van der Waals surface area contributed by atoms with Crippen molar-refractivity contribution in [2.45, 2.75) is 58.3 Å². The Kier molecular flexibility index (Phi) is 5.93. The molecule has 1 amide bonds. The Morgan fingerprint density at radius 1 is 1.35 bits per heavy atom. The predicted octanol–water partition coefficient (Wildman–Crippen LogP) is 0.742. The molecule has 3 heterocycles. The van der Waals surface area contributed by atoms with Gasteiger partial charge in [-0.1, -0.05) is 0 Å². The van der Waals surface area contributed by atoms with Crippen molar-refractivity contribution in [3.63, 3.8) is 0 Å². The molecule has 8 nitrogen and oxygen atoms in total. The van der Waals surface area contributed by atoms with Crippen molar-refractivity contribution in [1.29, 1.82) is 0 Å². The number of aryl methyl sites for hydroxylation is 1. The van der Waals surface area contributed by atoms with Crippen LogP contribution in [0.25, 0.3) is 0 Å². The number of rotatable bonds is 6. The molecule has 0 aromatic carbocycles. The maximum absolute atomic E-state index is 12.7. The average molecular weight is 364 g/mol. The number of carbonyl (C=O) groups excluding carboxylic acids is 1. The van der Waals surface area contributed by atoms with Gasteiger partial charge in [-0.25, -0.2) is 0 Å². The Bertz CT molecular complexity index is 658. The summed E-state index contributed by atoms with van der Waals surface area (Å²) in [5.74, 6) is -0.712. The highest BCUT2D eigenvalue weighted by atomic mass is 16.5. The zero-order chi connectivity index (χ0) is 18.7. The van der Waals surface area contributed by atoms with Crippen LogP contribution in [0.15, 0.2) is 6.07 Å². The van der Waals surface area contributed by atoms with Gasteiger partial charge in [0.15, 0.2) is 0 Å². The van der Waals surface area contributed by atoms with Gasteiger partial charge in [0, 0.05) is 32.1 Å². The molecular weight excluding hydrogens is 336 g/mol. The minimum absolute atomic E-state index is 0.0448. The quantitative estimate of drug-likeness (QED) is 0.801. The molecule has 0 bridgehead atoms. The molecule has 0 saturated carbocycles. The Labute approximate surface area is 153 Å². The van der Waals surface area contributed by atoms with Crippen LogP contribution in [0.1, 0.15) is 38.1 Å². The number of hydrogen-bond donors (Lipinski definition) is 1. The van der Waals surface area contributed by atoms with Gasteiger partial charge in [0.05, 0.1) is 50.0 Å². The number of aromatic nitrogens is 2. The summed E-state index contributed by atoms with van der Waals surface area (Å²) in [4.78, 5) is 27.6. The van der Waals surface area contributed by atoms with E-state index in [1.165, 1.54) is 0 Å². The molecule has 1 aromatic heterocycles. The topological polar surface area (TPSA) is 87.9 Å².